The van der Waals surface area contributed by atoms with Crippen LogP contribution in [0.4, 0.5) is 0 Å². The van der Waals surface area contributed by atoms with Crippen LogP contribution in [0.3, 0.4) is 0 Å². The molecule has 2 aromatic rings. The fourth-order valence-electron chi connectivity index (χ4n) is 1.96. The Balaban J connectivity index is 2.20. The van der Waals surface area contributed by atoms with Crippen LogP contribution >= 0.6 is 11.6 Å². The highest BCUT2D eigenvalue weighted by Gasteiger charge is 2.37. The molecule has 0 amide bonds. The minimum Gasteiger partial charge on any atom is -0.0111 e. The highest BCUT2D eigenvalue weighted by Crippen LogP contribution is 2.38. The summed E-state index contributed by atoms with van der Waals surface area (Å²) in [7, 11) is 0. The molecular formula is C14H9Cl+2. The Morgan fingerprint density at radius 3 is 1.80 bits per heavy atom. The Hall–Kier alpha value is -1.53. The number of rotatable bonds is 0. The van der Waals surface area contributed by atoms with Crippen molar-refractivity contribution in [1.82, 2.24) is 0 Å². The second kappa shape index (κ2) is 3.25. The van der Waals surface area contributed by atoms with Crippen LogP contribution in [0.2, 0.25) is 0 Å². The fourth-order valence-corrected chi connectivity index (χ4v) is 2.30. The minimum atomic E-state index is 0.851. The first-order valence-corrected chi connectivity index (χ1v) is 5.30. The lowest BCUT2D eigenvalue weighted by Gasteiger charge is -2.09. The molecule has 2 aromatic carbocycles. The molecule has 1 aliphatic carbocycles. The van der Waals surface area contributed by atoms with Crippen LogP contribution in [0.1, 0.15) is 22.3 Å². The van der Waals surface area contributed by atoms with Crippen molar-refractivity contribution in [2.24, 2.45) is 0 Å². The Bertz CT molecular complexity index is 457. The molecule has 0 saturated carbocycles. The third-order valence-corrected chi connectivity index (χ3v) is 3.11. The first-order valence-electron chi connectivity index (χ1n) is 4.92. The number of fused-ring (bicyclic) bond motifs is 2. The van der Waals surface area contributed by atoms with Gasteiger partial charge in [-0.05, 0) is 35.9 Å². The van der Waals surface area contributed by atoms with Gasteiger partial charge in [0.2, 0.25) is 5.38 Å². The molecule has 0 saturated heterocycles. The number of hydrogen-bond donors (Lipinski definition) is 0. The van der Waals surface area contributed by atoms with Crippen molar-refractivity contribution in [3.8, 4) is 0 Å². The van der Waals surface area contributed by atoms with E-state index in [0.29, 0.717) is 0 Å². The van der Waals surface area contributed by atoms with Crippen LogP contribution in [-0.4, -0.2) is 0 Å². The predicted molar refractivity (Wildman–Crippen MR) is 62.7 cm³/mol. The maximum atomic E-state index is 6.37. The molecule has 3 rings (SSSR count). The number of hydrogen-bond acceptors (Lipinski definition) is 0. The second-order valence-corrected chi connectivity index (χ2v) is 4.01. The van der Waals surface area contributed by atoms with E-state index in [1.807, 2.05) is 24.3 Å². The molecule has 0 spiro atoms. The summed E-state index contributed by atoms with van der Waals surface area (Å²) >= 11 is 6.37. The quantitative estimate of drug-likeness (QED) is 0.584. The minimum absolute atomic E-state index is 0.851. The summed E-state index contributed by atoms with van der Waals surface area (Å²) in [5, 5.41) is 0.851. The zero-order chi connectivity index (χ0) is 10.3. The standard InChI is InChI=1S/C14H9Cl/c15-14-12-7-3-1-5-10(12)9-11-6-2-4-8-13(11)14/h1-9H/q+2. The molecule has 0 aliphatic heterocycles. The van der Waals surface area contributed by atoms with Gasteiger partial charge in [-0.3, -0.25) is 0 Å². The predicted octanol–water partition coefficient (Wildman–Crippen LogP) is 3.77. The van der Waals surface area contributed by atoms with Gasteiger partial charge in [0.15, 0.2) is 22.3 Å². The zero-order valence-corrected chi connectivity index (χ0v) is 8.83. The Morgan fingerprint density at radius 1 is 0.800 bits per heavy atom. The van der Waals surface area contributed by atoms with Gasteiger partial charge < -0.3 is 0 Å². The van der Waals surface area contributed by atoms with Gasteiger partial charge in [-0.2, -0.15) is 0 Å². The van der Waals surface area contributed by atoms with Gasteiger partial charge in [-0.1, -0.05) is 0 Å². The van der Waals surface area contributed by atoms with Crippen LogP contribution in [0.5, 0.6) is 0 Å². The van der Waals surface area contributed by atoms with Crippen molar-refractivity contribution in [2.75, 3.05) is 0 Å². The first-order chi connectivity index (χ1) is 7.36. The van der Waals surface area contributed by atoms with E-state index in [-0.39, 0.29) is 0 Å². The maximum absolute atomic E-state index is 6.37. The summed E-state index contributed by atoms with van der Waals surface area (Å²) < 4.78 is 0. The molecule has 0 aromatic heterocycles. The fraction of sp³-hybridized carbons (Fsp3) is 0. The van der Waals surface area contributed by atoms with E-state index in [1.165, 1.54) is 11.1 Å². The highest BCUT2D eigenvalue weighted by molar-refractivity contribution is 6.32. The monoisotopic (exact) mass is 212 g/mol. The van der Waals surface area contributed by atoms with Crippen molar-refractivity contribution in [1.29, 1.82) is 0 Å². The van der Waals surface area contributed by atoms with E-state index in [9.17, 15) is 0 Å². The van der Waals surface area contributed by atoms with Crippen LogP contribution in [0, 0.1) is 11.8 Å². The normalized spacial score (nSPS) is 12.7. The third-order valence-electron chi connectivity index (χ3n) is 2.71. The molecule has 15 heavy (non-hydrogen) atoms. The van der Waals surface area contributed by atoms with E-state index < -0.39 is 0 Å². The summed E-state index contributed by atoms with van der Waals surface area (Å²) in [5.41, 5.74) is 4.64. The Kier molecular flexibility index (Phi) is 1.90. The molecule has 0 bridgehead atoms. The summed E-state index contributed by atoms with van der Waals surface area (Å²) in [6.45, 7) is 0. The lowest BCUT2D eigenvalue weighted by atomic mass is 9.86. The topological polar surface area (TPSA) is 0 Å². The van der Waals surface area contributed by atoms with Gasteiger partial charge in [-0.15, -0.1) is 0 Å². The summed E-state index contributed by atoms with van der Waals surface area (Å²) in [6.07, 6.45) is 2.18. The van der Waals surface area contributed by atoms with E-state index >= 15 is 0 Å². The van der Waals surface area contributed by atoms with Gasteiger partial charge in [0.25, 0.3) is 0 Å². The van der Waals surface area contributed by atoms with Gasteiger partial charge in [0.05, 0.1) is 6.42 Å². The molecule has 0 heterocycles. The molecule has 0 unspecified atom stereocenters. The maximum Gasteiger partial charge on any atom is 0.202 e. The van der Waals surface area contributed by atoms with Crippen molar-refractivity contribution in [3.63, 3.8) is 0 Å². The molecule has 1 aliphatic rings. The largest absolute Gasteiger partial charge is 0.202 e. The summed E-state index contributed by atoms with van der Waals surface area (Å²) in [6, 6.07) is 16.4. The van der Waals surface area contributed by atoms with Gasteiger partial charge in [0, 0.05) is 24.3 Å². The highest BCUT2D eigenvalue weighted by atomic mass is 35.5. The molecule has 0 radical (unpaired) electrons. The lowest BCUT2D eigenvalue weighted by molar-refractivity contribution is 1.23. The molecule has 0 N–H and O–H groups in total. The van der Waals surface area contributed by atoms with Crippen LogP contribution in [-0.2, 0) is 0 Å². The van der Waals surface area contributed by atoms with Gasteiger partial charge in [-0.25, -0.2) is 0 Å². The van der Waals surface area contributed by atoms with E-state index in [4.69, 9.17) is 11.6 Å². The average Bonchev–Trinajstić information content (AvgIpc) is 2.30. The van der Waals surface area contributed by atoms with E-state index in [0.717, 1.165) is 16.5 Å². The van der Waals surface area contributed by atoms with Crippen LogP contribution in [0.25, 0.3) is 0 Å². The SMILES string of the molecule is Cl[C+]1c2ccccc2[CH+]c2ccccc21. The Morgan fingerprint density at radius 2 is 1.27 bits per heavy atom. The molecular weight excluding hydrogens is 204 g/mol. The average molecular weight is 213 g/mol. The summed E-state index contributed by atoms with van der Waals surface area (Å²) in [4.78, 5) is 0. The molecule has 0 fully saturated rings. The Labute approximate surface area is 94.5 Å². The van der Waals surface area contributed by atoms with Gasteiger partial charge in [0.1, 0.15) is 0 Å². The molecule has 0 atom stereocenters. The number of benzene rings is 2. The molecule has 0 nitrogen and oxygen atoms in total. The van der Waals surface area contributed by atoms with Crippen molar-refractivity contribution >= 4 is 11.6 Å². The molecule has 1 heteroatoms. The van der Waals surface area contributed by atoms with Gasteiger partial charge >= 0.3 is 0 Å². The van der Waals surface area contributed by atoms with Crippen LogP contribution < -0.4 is 0 Å². The number of halogens is 1. The second-order valence-electron chi connectivity index (χ2n) is 3.63. The zero-order valence-electron chi connectivity index (χ0n) is 8.07. The van der Waals surface area contributed by atoms with Crippen molar-refractivity contribution < 1.29 is 0 Å². The third kappa shape index (κ3) is 1.30. The van der Waals surface area contributed by atoms with Crippen molar-refractivity contribution in [3.05, 3.63) is 82.6 Å². The van der Waals surface area contributed by atoms with Crippen LogP contribution in [0.15, 0.2) is 48.5 Å². The van der Waals surface area contributed by atoms with E-state index in [1.54, 1.807) is 0 Å². The molecule has 70 valence electrons. The lowest BCUT2D eigenvalue weighted by Crippen LogP contribution is -2.08. The first kappa shape index (κ1) is 8.75. The summed E-state index contributed by atoms with van der Waals surface area (Å²) in [5.74, 6) is 0. The van der Waals surface area contributed by atoms with E-state index in [2.05, 4.69) is 30.7 Å². The van der Waals surface area contributed by atoms with Crippen molar-refractivity contribution in [2.45, 2.75) is 0 Å². The smallest absolute Gasteiger partial charge is 0.0111 e.